The van der Waals surface area contributed by atoms with E-state index in [0.29, 0.717) is 16.8 Å². The first-order valence-corrected chi connectivity index (χ1v) is 7.83. The van der Waals surface area contributed by atoms with E-state index in [2.05, 4.69) is 14.8 Å². The number of aromatic nitrogens is 4. The first-order valence-electron chi connectivity index (χ1n) is 7.83. The predicted octanol–water partition coefficient (Wildman–Crippen LogP) is 2.01. The fourth-order valence-electron chi connectivity index (χ4n) is 2.66. The first kappa shape index (κ1) is 15.8. The number of esters is 1. The maximum atomic E-state index is 12.7. The summed E-state index contributed by atoms with van der Waals surface area (Å²) in [6.45, 7) is 0.148. The lowest BCUT2D eigenvalue weighted by Gasteiger charge is -2.05. The summed E-state index contributed by atoms with van der Waals surface area (Å²) in [7, 11) is 1.28. The van der Waals surface area contributed by atoms with E-state index in [-0.39, 0.29) is 17.9 Å². The van der Waals surface area contributed by atoms with Gasteiger partial charge < -0.3 is 9.15 Å². The highest BCUT2D eigenvalue weighted by atomic mass is 16.5. The number of nitrogens with zero attached hydrogens (tertiary/aromatic N) is 4. The van der Waals surface area contributed by atoms with Crippen LogP contribution in [0.25, 0.3) is 16.7 Å². The first-order chi connectivity index (χ1) is 12.7. The summed E-state index contributed by atoms with van der Waals surface area (Å²) in [6, 6.07) is 12.6. The van der Waals surface area contributed by atoms with Gasteiger partial charge in [0.05, 0.1) is 25.5 Å². The van der Waals surface area contributed by atoms with Crippen molar-refractivity contribution in [3.05, 3.63) is 76.9 Å². The highest BCUT2D eigenvalue weighted by molar-refractivity contribution is 5.86. The third kappa shape index (κ3) is 2.67. The average molecular weight is 350 g/mol. The number of carbonyl (C=O) groups excluding carboxylic acids is 1. The molecule has 0 spiro atoms. The van der Waals surface area contributed by atoms with E-state index in [1.165, 1.54) is 30.3 Å². The van der Waals surface area contributed by atoms with Crippen LogP contribution in [0.5, 0.6) is 0 Å². The summed E-state index contributed by atoms with van der Waals surface area (Å²) in [5, 5.41) is 4.67. The van der Waals surface area contributed by atoms with Crippen LogP contribution >= 0.6 is 0 Å². The molecule has 3 heterocycles. The van der Waals surface area contributed by atoms with Crippen LogP contribution in [-0.4, -0.2) is 32.4 Å². The number of hydrogen-bond acceptors (Lipinski definition) is 6. The van der Waals surface area contributed by atoms with E-state index < -0.39 is 5.97 Å². The molecule has 0 saturated heterocycles. The fraction of sp³-hybridized carbons (Fsp3) is 0.111. The van der Waals surface area contributed by atoms with Crippen molar-refractivity contribution in [1.82, 2.24) is 19.3 Å². The number of fused-ring (bicyclic) bond motifs is 1. The Bertz CT molecular complexity index is 1140. The van der Waals surface area contributed by atoms with Gasteiger partial charge in [-0.05, 0) is 24.3 Å². The zero-order valence-electron chi connectivity index (χ0n) is 13.8. The number of methoxy groups -OCH3 is 1. The van der Waals surface area contributed by atoms with Crippen LogP contribution in [-0.2, 0) is 11.3 Å². The topological polar surface area (TPSA) is 92.2 Å². The SMILES string of the molecule is COC(=O)c1ccc(Cn2cnc3c(cnn3-c3ccccc3)c2=O)o1. The highest BCUT2D eigenvalue weighted by Crippen LogP contribution is 2.14. The Morgan fingerprint density at radius 3 is 2.77 bits per heavy atom. The molecule has 4 aromatic rings. The molecular weight excluding hydrogens is 336 g/mol. The molecule has 0 aliphatic rings. The van der Waals surface area contributed by atoms with E-state index in [0.717, 1.165) is 5.69 Å². The molecule has 0 radical (unpaired) electrons. The highest BCUT2D eigenvalue weighted by Gasteiger charge is 2.14. The third-order valence-electron chi connectivity index (χ3n) is 3.93. The average Bonchev–Trinajstić information content (AvgIpc) is 3.31. The summed E-state index contributed by atoms with van der Waals surface area (Å²) in [5.41, 5.74) is 1.06. The molecule has 8 heteroatoms. The van der Waals surface area contributed by atoms with Gasteiger partial charge in [0.2, 0.25) is 5.76 Å². The summed E-state index contributed by atoms with van der Waals surface area (Å²) in [5.74, 6) is -0.0353. The normalized spacial score (nSPS) is 11.0. The Morgan fingerprint density at radius 2 is 2.00 bits per heavy atom. The van der Waals surface area contributed by atoms with Crippen LogP contribution in [0.15, 0.2) is 64.2 Å². The van der Waals surface area contributed by atoms with Gasteiger partial charge >= 0.3 is 5.97 Å². The minimum absolute atomic E-state index is 0.0847. The van der Waals surface area contributed by atoms with Crippen LogP contribution in [0.4, 0.5) is 0 Å². The van der Waals surface area contributed by atoms with Gasteiger partial charge in [0.1, 0.15) is 17.5 Å². The van der Waals surface area contributed by atoms with Gasteiger partial charge in [0.15, 0.2) is 5.65 Å². The second-order valence-electron chi connectivity index (χ2n) is 5.56. The second kappa shape index (κ2) is 6.32. The molecule has 0 aliphatic heterocycles. The lowest BCUT2D eigenvalue weighted by Crippen LogP contribution is -2.20. The smallest absolute Gasteiger partial charge is 0.373 e. The van der Waals surface area contributed by atoms with Crippen molar-refractivity contribution in [2.45, 2.75) is 6.54 Å². The van der Waals surface area contributed by atoms with Crippen LogP contribution in [0.2, 0.25) is 0 Å². The maximum Gasteiger partial charge on any atom is 0.373 e. The van der Waals surface area contributed by atoms with Crippen molar-refractivity contribution in [2.75, 3.05) is 7.11 Å². The van der Waals surface area contributed by atoms with Gasteiger partial charge in [-0.1, -0.05) is 18.2 Å². The number of ether oxygens (including phenoxy) is 1. The minimum Gasteiger partial charge on any atom is -0.463 e. The van der Waals surface area contributed by atoms with E-state index in [9.17, 15) is 9.59 Å². The lowest BCUT2D eigenvalue weighted by atomic mass is 10.3. The second-order valence-corrected chi connectivity index (χ2v) is 5.56. The molecule has 3 aromatic heterocycles. The molecule has 1 aromatic carbocycles. The minimum atomic E-state index is -0.568. The summed E-state index contributed by atoms with van der Waals surface area (Å²) in [6.07, 6.45) is 2.93. The van der Waals surface area contributed by atoms with Crippen LogP contribution in [0.3, 0.4) is 0 Å². The molecule has 0 fully saturated rings. The van der Waals surface area contributed by atoms with Gasteiger partial charge in [-0.3, -0.25) is 9.36 Å². The van der Waals surface area contributed by atoms with E-state index in [1.54, 1.807) is 10.7 Å². The van der Waals surface area contributed by atoms with E-state index in [1.807, 2.05) is 30.3 Å². The van der Waals surface area contributed by atoms with Crippen molar-refractivity contribution in [2.24, 2.45) is 0 Å². The molecule has 0 atom stereocenters. The Hall–Kier alpha value is -3.68. The standard InChI is InChI=1S/C18H14N4O4/c1-25-18(24)15-8-7-13(26-15)10-21-11-19-16-14(17(21)23)9-20-22(16)12-5-3-2-4-6-12/h2-9,11H,10H2,1H3. The molecule has 0 aliphatic carbocycles. The van der Waals surface area contributed by atoms with Crippen molar-refractivity contribution in [3.8, 4) is 5.69 Å². The van der Waals surface area contributed by atoms with Crippen molar-refractivity contribution in [3.63, 3.8) is 0 Å². The Kier molecular flexibility index (Phi) is 3.85. The quantitative estimate of drug-likeness (QED) is 0.523. The maximum absolute atomic E-state index is 12.7. The largest absolute Gasteiger partial charge is 0.463 e. The van der Waals surface area contributed by atoms with Crippen molar-refractivity contribution >= 4 is 17.0 Å². The lowest BCUT2D eigenvalue weighted by molar-refractivity contribution is 0.0563. The van der Waals surface area contributed by atoms with E-state index in [4.69, 9.17) is 4.42 Å². The number of furan rings is 1. The van der Waals surface area contributed by atoms with Gasteiger partial charge in [0.25, 0.3) is 5.56 Å². The molecule has 26 heavy (non-hydrogen) atoms. The zero-order chi connectivity index (χ0) is 18.1. The monoisotopic (exact) mass is 350 g/mol. The van der Waals surface area contributed by atoms with Crippen LogP contribution < -0.4 is 5.56 Å². The molecular formula is C18H14N4O4. The van der Waals surface area contributed by atoms with Gasteiger partial charge in [0, 0.05) is 0 Å². The molecule has 0 amide bonds. The molecule has 0 bridgehead atoms. The molecule has 0 N–H and O–H groups in total. The number of hydrogen-bond donors (Lipinski definition) is 0. The van der Waals surface area contributed by atoms with Gasteiger partial charge in [-0.25, -0.2) is 14.5 Å². The molecule has 0 unspecified atom stereocenters. The Balaban J connectivity index is 1.70. The van der Waals surface area contributed by atoms with Crippen molar-refractivity contribution in [1.29, 1.82) is 0 Å². The molecule has 0 saturated carbocycles. The number of benzene rings is 1. The summed E-state index contributed by atoms with van der Waals surface area (Å²) in [4.78, 5) is 28.5. The Labute approximate surface area is 147 Å². The zero-order valence-corrected chi connectivity index (χ0v) is 13.8. The number of para-hydroxylation sites is 1. The predicted molar refractivity (Wildman–Crippen MR) is 92.3 cm³/mol. The van der Waals surface area contributed by atoms with Gasteiger partial charge in [-0.15, -0.1) is 0 Å². The number of carbonyl (C=O) groups is 1. The molecule has 130 valence electrons. The Morgan fingerprint density at radius 1 is 1.19 bits per heavy atom. The van der Waals surface area contributed by atoms with Crippen LogP contribution in [0, 0.1) is 0 Å². The summed E-state index contributed by atoms with van der Waals surface area (Å²) < 4.78 is 13.0. The van der Waals surface area contributed by atoms with Gasteiger partial charge in [-0.2, -0.15) is 5.10 Å². The third-order valence-corrected chi connectivity index (χ3v) is 3.93. The summed E-state index contributed by atoms with van der Waals surface area (Å²) >= 11 is 0. The van der Waals surface area contributed by atoms with E-state index >= 15 is 0 Å². The number of rotatable bonds is 4. The van der Waals surface area contributed by atoms with Crippen LogP contribution in [0.1, 0.15) is 16.3 Å². The molecule has 4 rings (SSSR count). The van der Waals surface area contributed by atoms with Crippen molar-refractivity contribution < 1.29 is 13.9 Å². The fourth-order valence-corrected chi connectivity index (χ4v) is 2.66. The molecule has 8 nitrogen and oxygen atoms in total.